The second kappa shape index (κ2) is 11.7. The summed E-state index contributed by atoms with van der Waals surface area (Å²) in [5, 5.41) is 10.2. The van der Waals surface area contributed by atoms with Crippen LogP contribution in [0.4, 0.5) is 17.1 Å². The second-order valence-corrected chi connectivity index (χ2v) is 14.0. The summed E-state index contributed by atoms with van der Waals surface area (Å²) in [6.45, 7) is 0. The Labute approximate surface area is 294 Å². The molecule has 0 atom stereocenters. The van der Waals surface area contributed by atoms with Crippen molar-refractivity contribution >= 4 is 80.9 Å². The number of fused-ring (bicyclic) bond motifs is 7. The first-order valence-corrected chi connectivity index (χ1v) is 17.9. The first-order chi connectivity index (χ1) is 24.8. The van der Waals surface area contributed by atoms with Gasteiger partial charge in [-0.15, -0.1) is 11.3 Å². The van der Waals surface area contributed by atoms with Gasteiger partial charge >= 0.3 is 0 Å². The zero-order valence-electron chi connectivity index (χ0n) is 27.3. The molecule has 0 unspecified atom stereocenters. The average molecular weight is 654 g/mol. The molecule has 0 fully saturated rings. The van der Waals surface area contributed by atoms with E-state index < -0.39 is 0 Å². The SMILES string of the molecule is c1ccc(-c2ccccc2N(c2cccc(-c3cc4ccccc4c4ccccc34)c2)c2ccc3c(c2)sc2cc4ccccc4cc23)cc1. The minimum absolute atomic E-state index is 1.12. The number of hydrogen-bond acceptors (Lipinski definition) is 2. The molecular formula is C48H31NS. The van der Waals surface area contributed by atoms with Crippen molar-refractivity contribution in [2.75, 3.05) is 4.90 Å². The summed E-state index contributed by atoms with van der Waals surface area (Å²) in [4.78, 5) is 2.44. The van der Waals surface area contributed by atoms with Gasteiger partial charge in [-0.05, 0) is 97.5 Å². The molecule has 0 aliphatic heterocycles. The molecule has 50 heavy (non-hydrogen) atoms. The van der Waals surface area contributed by atoms with Crippen molar-refractivity contribution in [2.45, 2.75) is 0 Å². The lowest BCUT2D eigenvalue weighted by Gasteiger charge is -2.28. The largest absolute Gasteiger partial charge is 0.310 e. The van der Waals surface area contributed by atoms with Crippen LogP contribution in [0, 0.1) is 0 Å². The summed E-state index contributed by atoms with van der Waals surface area (Å²) in [5.41, 5.74) is 8.22. The normalized spacial score (nSPS) is 11.6. The van der Waals surface area contributed by atoms with Crippen molar-refractivity contribution in [3.63, 3.8) is 0 Å². The van der Waals surface area contributed by atoms with E-state index in [1.807, 2.05) is 11.3 Å². The quantitative estimate of drug-likeness (QED) is 0.167. The van der Waals surface area contributed by atoms with E-state index in [0.717, 1.165) is 17.1 Å². The standard InChI is InChI=1S/C48H31NS/c1-2-13-32(14-3-1)40-21-10-11-24-46(40)49(38-25-26-43-45-28-33-15-4-5-16-34(33)30-47(45)50-48(43)31-38)37-19-12-18-35(27-37)44-29-36-17-6-7-20-39(36)41-22-8-9-23-42(41)44/h1-31H. The second-order valence-electron chi connectivity index (χ2n) is 12.9. The van der Waals surface area contributed by atoms with Crippen LogP contribution in [-0.2, 0) is 0 Å². The first kappa shape index (κ1) is 28.8. The van der Waals surface area contributed by atoms with E-state index in [0.29, 0.717) is 0 Å². The van der Waals surface area contributed by atoms with Crippen LogP contribution in [-0.4, -0.2) is 0 Å². The van der Waals surface area contributed by atoms with Crippen LogP contribution >= 0.6 is 11.3 Å². The highest BCUT2D eigenvalue weighted by atomic mass is 32.1. The van der Waals surface area contributed by atoms with Crippen LogP contribution in [0.2, 0.25) is 0 Å². The Bertz CT molecular complexity index is 2880. The number of para-hydroxylation sites is 1. The minimum atomic E-state index is 1.12. The van der Waals surface area contributed by atoms with E-state index in [2.05, 4.69) is 193 Å². The molecule has 0 bridgehead atoms. The third-order valence-corrected chi connectivity index (χ3v) is 11.1. The predicted octanol–water partition coefficient (Wildman–Crippen LogP) is 14.3. The van der Waals surface area contributed by atoms with Crippen molar-refractivity contribution in [1.82, 2.24) is 0 Å². The van der Waals surface area contributed by atoms with Crippen molar-refractivity contribution in [3.05, 3.63) is 188 Å². The van der Waals surface area contributed by atoms with Crippen LogP contribution in [0.5, 0.6) is 0 Å². The van der Waals surface area contributed by atoms with Gasteiger partial charge in [0.15, 0.2) is 0 Å². The molecule has 1 nitrogen and oxygen atoms in total. The van der Waals surface area contributed by atoms with Gasteiger partial charge in [0.2, 0.25) is 0 Å². The van der Waals surface area contributed by atoms with Crippen LogP contribution in [0.3, 0.4) is 0 Å². The van der Waals surface area contributed by atoms with Gasteiger partial charge in [0.25, 0.3) is 0 Å². The van der Waals surface area contributed by atoms with Gasteiger partial charge in [0.1, 0.15) is 0 Å². The lowest BCUT2D eigenvalue weighted by atomic mass is 9.93. The lowest BCUT2D eigenvalue weighted by Crippen LogP contribution is -2.11. The fraction of sp³-hybridized carbons (Fsp3) is 0. The van der Waals surface area contributed by atoms with E-state index in [4.69, 9.17) is 0 Å². The monoisotopic (exact) mass is 653 g/mol. The molecule has 10 aromatic rings. The number of anilines is 3. The maximum Gasteiger partial charge on any atom is 0.0540 e. The molecule has 10 rings (SSSR count). The lowest BCUT2D eigenvalue weighted by molar-refractivity contribution is 1.29. The van der Waals surface area contributed by atoms with Crippen LogP contribution in [0.15, 0.2) is 188 Å². The molecule has 0 aliphatic carbocycles. The van der Waals surface area contributed by atoms with Gasteiger partial charge in [0, 0.05) is 37.1 Å². The fourth-order valence-corrected chi connectivity index (χ4v) is 8.82. The number of nitrogens with zero attached hydrogens (tertiary/aromatic N) is 1. The summed E-state index contributed by atoms with van der Waals surface area (Å²) < 4.78 is 2.60. The molecule has 0 N–H and O–H groups in total. The highest BCUT2D eigenvalue weighted by Gasteiger charge is 2.20. The zero-order chi connectivity index (χ0) is 33.0. The predicted molar refractivity (Wildman–Crippen MR) is 217 cm³/mol. The van der Waals surface area contributed by atoms with Gasteiger partial charge in [0.05, 0.1) is 5.69 Å². The number of hydrogen-bond donors (Lipinski definition) is 0. The van der Waals surface area contributed by atoms with E-state index in [1.54, 1.807) is 0 Å². The van der Waals surface area contributed by atoms with Crippen molar-refractivity contribution in [2.24, 2.45) is 0 Å². The van der Waals surface area contributed by atoms with E-state index in [9.17, 15) is 0 Å². The first-order valence-electron chi connectivity index (χ1n) is 17.1. The van der Waals surface area contributed by atoms with Gasteiger partial charge < -0.3 is 4.90 Å². The Morgan fingerprint density at radius 3 is 1.82 bits per heavy atom. The molecule has 1 aromatic heterocycles. The van der Waals surface area contributed by atoms with Crippen LogP contribution in [0.25, 0.3) is 74.7 Å². The fourth-order valence-electron chi connectivity index (χ4n) is 7.65. The van der Waals surface area contributed by atoms with E-state index in [-0.39, 0.29) is 0 Å². The molecule has 0 saturated carbocycles. The highest BCUT2D eigenvalue weighted by Crippen LogP contribution is 2.45. The van der Waals surface area contributed by atoms with Crippen LogP contribution in [0.1, 0.15) is 0 Å². The molecule has 234 valence electrons. The molecule has 0 spiro atoms. The Balaban J connectivity index is 1.20. The minimum Gasteiger partial charge on any atom is -0.310 e. The Morgan fingerprint density at radius 1 is 0.320 bits per heavy atom. The molecular weight excluding hydrogens is 623 g/mol. The molecule has 0 radical (unpaired) electrons. The van der Waals surface area contributed by atoms with Crippen LogP contribution < -0.4 is 4.90 Å². The summed E-state index contributed by atoms with van der Waals surface area (Å²) in [7, 11) is 0. The topological polar surface area (TPSA) is 3.24 Å². The van der Waals surface area contributed by atoms with Crippen molar-refractivity contribution < 1.29 is 0 Å². The molecule has 2 heteroatoms. The summed E-state index contributed by atoms with van der Waals surface area (Å²) in [6, 6.07) is 68.8. The third-order valence-electron chi connectivity index (χ3n) is 9.99. The van der Waals surface area contributed by atoms with Gasteiger partial charge in [-0.1, -0.05) is 140 Å². The summed E-state index contributed by atoms with van der Waals surface area (Å²) >= 11 is 1.87. The van der Waals surface area contributed by atoms with Crippen molar-refractivity contribution in [1.29, 1.82) is 0 Å². The van der Waals surface area contributed by atoms with Crippen molar-refractivity contribution in [3.8, 4) is 22.3 Å². The van der Waals surface area contributed by atoms with E-state index in [1.165, 1.54) is 74.7 Å². The number of thiophene rings is 1. The Morgan fingerprint density at radius 2 is 0.960 bits per heavy atom. The maximum absolute atomic E-state index is 2.44. The smallest absolute Gasteiger partial charge is 0.0540 e. The molecule has 0 saturated heterocycles. The van der Waals surface area contributed by atoms with E-state index >= 15 is 0 Å². The Kier molecular flexibility index (Phi) is 6.75. The third kappa shape index (κ3) is 4.76. The average Bonchev–Trinajstić information content (AvgIpc) is 3.54. The summed E-state index contributed by atoms with van der Waals surface area (Å²) in [6.07, 6.45) is 0. The summed E-state index contributed by atoms with van der Waals surface area (Å²) in [5.74, 6) is 0. The molecule has 0 aliphatic rings. The Hall–Kier alpha value is -6.22. The molecule has 9 aromatic carbocycles. The zero-order valence-corrected chi connectivity index (χ0v) is 28.1. The molecule has 0 amide bonds. The number of rotatable bonds is 5. The van der Waals surface area contributed by atoms with Gasteiger partial charge in [-0.3, -0.25) is 0 Å². The highest BCUT2D eigenvalue weighted by molar-refractivity contribution is 7.25. The maximum atomic E-state index is 2.44. The van der Waals surface area contributed by atoms with Gasteiger partial charge in [-0.2, -0.15) is 0 Å². The van der Waals surface area contributed by atoms with Gasteiger partial charge in [-0.25, -0.2) is 0 Å². The molecule has 1 heterocycles. The number of benzene rings is 9.